The summed E-state index contributed by atoms with van der Waals surface area (Å²) in [5.41, 5.74) is 1.45. The summed E-state index contributed by atoms with van der Waals surface area (Å²) in [6.45, 7) is 5.96. The van der Waals surface area contributed by atoms with Crippen molar-refractivity contribution in [3.8, 4) is 11.5 Å². The number of rotatable bonds is 9. The van der Waals surface area contributed by atoms with Gasteiger partial charge in [0.05, 0.1) is 32.4 Å². The minimum absolute atomic E-state index is 0.0372. The smallest absolute Gasteiger partial charge is 0.338 e. The van der Waals surface area contributed by atoms with Crippen LogP contribution in [0.1, 0.15) is 25.5 Å². The molecule has 1 fully saturated rings. The third kappa shape index (κ3) is 5.57. The van der Waals surface area contributed by atoms with Crippen molar-refractivity contribution >= 4 is 17.9 Å². The molecule has 0 aliphatic carbocycles. The van der Waals surface area contributed by atoms with Gasteiger partial charge in [-0.05, 0) is 19.9 Å². The quantitative estimate of drug-likeness (QED) is 0.503. The fourth-order valence-electron chi connectivity index (χ4n) is 4.74. The van der Waals surface area contributed by atoms with E-state index in [1.807, 2.05) is 6.92 Å². The molecule has 1 aromatic rings. The van der Waals surface area contributed by atoms with E-state index in [0.717, 1.165) is 0 Å². The number of piperazine rings is 1. The molecule has 3 rings (SSSR count). The van der Waals surface area contributed by atoms with Crippen molar-refractivity contribution in [2.24, 2.45) is 0 Å². The average molecular weight is 505 g/mol. The van der Waals surface area contributed by atoms with E-state index in [-0.39, 0.29) is 31.2 Å². The van der Waals surface area contributed by atoms with Gasteiger partial charge >= 0.3 is 12.0 Å². The molecule has 0 saturated carbocycles. The summed E-state index contributed by atoms with van der Waals surface area (Å²) < 4.78 is 21.5. The molecule has 36 heavy (non-hydrogen) atoms. The van der Waals surface area contributed by atoms with Gasteiger partial charge in [0.2, 0.25) is 5.91 Å². The normalized spacial score (nSPS) is 20.8. The van der Waals surface area contributed by atoms with Crippen LogP contribution in [0.2, 0.25) is 0 Å². The van der Waals surface area contributed by atoms with E-state index in [9.17, 15) is 14.4 Å². The maximum atomic E-state index is 13.3. The predicted octanol–water partition coefficient (Wildman–Crippen LogP) is 1.40. The molecule has 11 heteroatoms. The molecule has 2 aliphatic heterocycles. The molecule has 2 aliphatic rings. The lowest BCUT2D eigenvalue weighted by Gasteiger charge is -2.42. The van der Waals surface area contributed by atoms with Crippen molar-refractivity contribution in [3.05, 3.63) is 35.0 Å². The number of carbonyl (C=O) groups is 3. The predicted molar refractivity (Wildman–Crippen MR) is 132 cm³/mol. The van der Waals surface area contributed by atoms with E-state index in [1.54, 1.807) is 37.1 Å². The van der Waals surface area contributed by atoms with E-state index in [2.05, 4.69) is 10.2 Å². The number of nitrogens with zero attached hydrogens (tertiary/aromatic N) is 3. The zero-order valence-corrected chi connectivity index (χ0v) is 21.8. The minimum Gasteiger partial charge on any atom is -0.493 e. The maximum Gasteiger partial charge on any atom is 0.338 e. The number of amides is 3. The summed E-state index contributed by atoms with van der Waals surface area (Å²) in [5, 5.41) is 2.92. The second-order valence-electron chi connectivity index (χ2n) is 8.71. The molecule has 3 amide bonds. The molecule has 11 nitrogen and oxygen atoms in total. The van der Waals surface area contributed by atoms with Gasteiger partial charge in [0, 0.05) is 57.6 Å². The van der Waals surface area contributed by atoms with Crippen molar-refractivity contribution in [1.29, 1.82) is 0 Å². The molecule has 0 bridgehead atoms. The molecular formula is C25H36N4O7. The molecule has 2 unspecified atom stereocenters. The summed E-state index contributed by atoms with van der Waals surface area (Å²) >= 11 is 0. The molecule has 0 aromatic heterocycles. The van der Waals surface area contributed by atoms with E-state index in [1.165, 1.54) is 26.2 Å². The third-order valence-corrected chi connectivity index (χ3v) is 6.49. The van der Waals surface area contributed by atoms with Gasteiger partial charge in [0.15, 0.2) is 11.5 Å². The Morgan fingerprint density at radius 2 is 1.89 bits per heavy atom. The Morgan fingerprint density at radius 3 is 2.50 bits per heavy atom. The molecule has 2 heterocycles. The zero-order valence-electron chi connectivity index (χ0n) is 21.8. The SMILES string of the molecule is CCOC(=O)C1=C(CN2CCN(C(=O)COC)C(C)C2)N(C)C(=O)NC1c1cccc(OC)c1OC. The standard InChI is InChI=1S/C25H36N4O7/c1-7-36-24(31)21-18(14-28-11-12-29(16(2)13-28)20(30)15-33-4)27(3)25(32)26-22(21)17-9-8-10-19(34-5)23(17)35-6/h8-10,16,22H,7,11-15H2,1-6H3,(H,26,32). The van der Waals surface area contributed by atoms with Crippen LogP contribution in [-0.4, -0.2) is 106 Å². The number of ether oxygens (including phenoxy) is 4. The van der Waals surface area contributed by atoms with Gasteiger partial charge in [-0.1, -0.05) is 12.1 Å². The molecule has 198 valence electrons. The Hall–Kier alpha value is -3.31. The largest absolute Gasteiger partial charge is 0.493 e. The number of para-hydroxylation sites is 1. The first kappa shape index (κ1) is 27.3. The summed E-state index contributed by atoms with van der Waals surface area (Å²) in [6.07, 6.45) is 0. The highest BCUT2D eigenvalue weighted by Crippen LogP contribution is 2.40. The highest BCUT2D eigenvalue weighted by atomic mass is 16.5. The summed E-state index contributed by atoms with van der Waals surface area (Å²) in [6, 6.07) is 4.12. The van der Waals surface area contributed by atoms with Crippen LogP contribution in [0.5, 0.6) is 11.5 Å². The topological polar surface area (TPSA) is 110 Å². The third-order valence-electron chi connectivity index (χ3n) is 6.49. The van der Waals surface area contributed by atoms with E-state index < -0.39 is 12.0 Å². The Kier molecular flexibility index (Phi) is 9.16. The molecule has 0 spiro atoms. The Labute approximate surface area is 211 Å². The van der Waals surface area contributed by atoms with Crippen LogP contribution >= 0.6 is 0 Å². The molecule has 1 saturated heterocycles. The monoisotopic (exact) mass is 504 g/mol. The second kappa shape index (κ2) is 12.1. The Morgan fingerprint density at radius 1 is 1.14 bits per heavy atom. The first-order chi connectivity index (χ1) is 17.3. The highest BCUT2D eigenvalue weighted by molar-refractivity contribution is 5.95. The first-order valence-corrected chi connectivity index (χ1v) is 11.9. The van der Waals surface area contributed by atoms with E-state index >= 15 is 0 Å². The van der Waals surface area contributed by atoms with Gasteiger partial charge in [-0.25, -0.2) is 9.59 Å². The van der Waals surface area contributed by atoms with Crippen LogP contribution in [-0.2, 0) is 19.1 Å². The van der Waals surface area contributed by atoms with Crippen molar-refractivity contribution in [2.75, 3.05) is 67.8 Å². The van der Waals surface area contributed by atoms with Gasteiger partial charge in [0.25, 0.3) is 0 Å². The van der Waals surface area contributed by atoms with Crippen molar-refractivity contribution in [1.82, 2.24) is 20.0 Å². The highest BCUT2D eigenvalue weighted by Gasteiger charge is 2.39. The molecule has 0 radical (unpaired) electrons. The molecule has 1 aromatic carbocycles. The maximum absolute atomic E-state index is 13.3. The number of urea groups is 1. The van der Waals surface area contributed by atoms with Crippen LogP contribution in [0.15, 0.2) is 29.5 Å². The van der Waals surface area contributed by atoms with Crippen molar-refractivity contribution in [2.45, 2.75) is 25.9 Å². The molecule has 2 atom stereocenters. The van der Waals surface area contributed by atoms with Crippen molar-refractivity contribution in [3.63, 3.8) is 0 Å². The fraction of sp³-hybridized carbons (Fsp3) is 0.560. The summed E-state index contributed by atoms with van der Waals surface area (Å²) in [7, 11) is 6.17. The zero-order chi connectivity index (χ0) is 26.4. The number of hydrogen-bond donors (Lipinski definition) is 1. The molecular weight excluding hydrogens is 468 g/mol. The van der Waals surface area contributed by atoms with Gasteiger partial charge in [-0.2, -0.15) is 0 Å². The number of hydrogen-bond acceptors (Lipinski definition) is 8. The lowest BCUT2D eigenvalue weighted by molar-refractivity contribution is -0.139. The number of carbonyl (C=O) groups excluding carboxylic acids is 3. The van der Waals surface area contributed by atoms with Crippen LogP contribution in [0, 0.1) is 0 Å². The van der Waals surface area contributed by atoms with Crippen LogP contribution < -0.4 is 14.8 Å². The molecule has 1 N–H and O–H groups in total. The lowest BCUT2D eigenvalue weighted by atomic mass is 9.93. The number of methoxy groups -OCH3 is 3. The summed E-state index contributed by atoms with van der Waals surface area (Å²) in [4.78, 5) is 44.1. The van der Waals surface area contributed by atoms with Gasteiger partial charge in [0.1, 0.15) is 6.61 Å². The fourth-order valence-corrected chi connectivity index (χ4v) is 4.74. The Balaban J connectivity index is 2.01. The lowest BCUT2D eigenvalue weighted by Crippen LogP contribution is -2.56. The van der Waals surface area contributed by atoms with Gasteiger partial charge < -0.3 is 29.2 Å². The number of nitrogens with one attached hydrogen (secondary N) is 1. The minimum atomic E-state index is -0.796. The van der Waals surface area contributed by atoms with Crippen LogP contribution in [0.3, 0.4) is 0 Å². The average Bonchev–Trinajstić information content (AvgIpc) is 2.86. The van der Waals surface area contributed by atoms with E-state index in [4.69, 9.17) is 18.9 Å². The van der Waals surface area contributed by atoms with E-state index in [0.29, 0.717) is 54.5 Å². The van der Waals surface area contributed by atoms with Gasteiger partial charge in [-0.3, -0.25) is 14.6 Å². The number of esters is 1. The van der Waals surface area contributed by atoms with Crippen LogP contribution in [0.4, 0.5) is 4.79 Å². The summed E-state index contributed by atoms with van der Waals surface area (Å²) in [5.74, 6) is 0.333. The second-order valence-corrected chi connectivity index (χ2v) is 8.71. The Bertz CT molecular complexity index is 1010. The number of likely N-dealkylation sites (N-methyl/N-ethyl adjacent to an activating group) is 1. The number of benzene rings is 1. The first-order valence-electron chi connectivity index (χ1n) is 11.9. The van der Waals surface area contributed by atoms with Crippen LogP contribution in [0.25, 0.3) is 0 Å². The van der Waals surface area contributed by atoms with Gasteiger partial charge in [-0.15, -0.1) is 0 Å². The van der Waals surface area contributed by atoms with Crippen molar-refractivity contribution < 1.29 is 33.3 Å².